The highest BCUT2D eigenvalue weighted by Crippen LogP contribution is 2.12. The van der Waals surface area contributed by atoms with E-state index in [0.717, 1.165) is 0 Å². The van der Waals surface area contributed by atoms with Crippen molar-refractivity contribution in [3.05, 3.63) is 11.6 Å². The summed E-state index contributed by atoms with van der Waals surface area (Å²) in [6.07, 6.45) is 1.78. The number of hydrogen-bond donors (Lipinski definition) is 5. The summed E-state index contributed by atoms with van der Waals surface area (Å²) in [5.74, 6) is 0. The van der Waals surface area contributed by atoms with Gasteiger partial charge in [0, 0.05) is 6.20 Å². The molecular weight excluding hydrogens is 230 g/mol. The molecule has 1 aliphatic heterocycles. The Bertz CT molecular complexity index is 209. The molecule has 0 fully saturated rings. The summed E-state index contributed by atoms with van der Waals surface area (Å²) >= 11 is 8.15. The fraction of sp³-hybridized carbons (Fsp3) is 0.200. The summed E-state index contributed by atoms with van der Waals surface area (Å²) in [7, 11) is 0. The fourth-order valence-electron chi connectivity index (χ4n) is 0.472. The lowest BCUT2D eigenvalue weighted by atomic mass is 10.9. The van der Waals surface area contributed by atoms with Gasteiger partial charge in [-0.05, 0) is 5.41 Å². The summed E-state index contributed by atoms with van der Waals surface area (Å²) in [6, 6.07) is 0. The maximum atomic E-state index is 10.3. The van der Waals surface area contributed by atoms with Gasteiger partial charge in [0.1, 0.15) is 0 Å². The third kappa shape index (κ3) is 9.44. The zero-order valence-electron chi connectivity index (χ0n) is 6.43. The molecule has 8 heteroatoms. The molecule has 0 saturated heterocycles. The van der Waals surface area contributed by atoms with Crippen LogP contribution in [-0.4, -0.2) is 16.0 Å². The van der Waals surface area contributed by atoms with Crippen LogP contribution < -0.4 is 16.4 Å². The van der Waals surface area contributed by atoms with Gasteiger partial charge >= 0.3 is 0 Å². The molecule has 74 valence electrons. The second-order valence-electron chi connectivity index (χ2n) is 1.77. The number of thioether (sulfide) groups is 1. The highest BCUT2D eigenvalue weighted by Gasteiger charge is 2.09. The van der Waals surface area contributed by atoms with Crippen LogP contribution >= 0.6 is 37.0 Å². The number of amides is 2. The fourth-order valence-corrected chi connectivity index (χ4v) is 1.33. The predicted octanol–water partition coefficient (Wildman–Crippen LogP) is 0.712. The minimum absolute atomic E-state index is 0.0324. The SMILES string of the molecule is NC(=O)S.O=C(S)NC1NC=CS1. The van der Waals surface area contributed by atoms with Gasteiger partial charge in [0.2, 0.25) is 0 Å². The first-order valence-corrected chi connectivity index (χ1v) is 4.90. The molecule has 0 radical (unpaired) electrons. The van der Waals surface area contributed by atoms with E-state index >= 15 is 0 Å². The minimum atomic E-state index is -0.639. The van der Waals surface area contributed by atoms with Crippen molar-refractivity contribution < 1.29 is 9.59 Å². The van der Waals surface area contributed by atoms with Crippen molar-refractivity contribution in [1.29, 1.82) is 0 Å². The average Bonchev–Trinajstić information content (AvgIpc) is 2.36. The van der Waals surface area contributed by atoms with E-state index in [1.807, 2.05) is 5.41 Å². The molecule has 0 aromatic rings. The number of thiol groups is 2. The Morgan fingerprint density at radius 3 is 2.38 bits per heavy atom. The summed E-state index contributed by atoms with van der Waals surface area (Å²) in [5, 5.41) is 6.36. The number of carbonyl (C=O) groups is 2. The first kappa shape index (κ1) is 12.5. The molecule has 0 aromatic carbocycles. The van der Waals surface area contributed by atoms with E-state index in [1.165, 1.54) is 11.8 Å². The Hall–Kier alpha value is -0.470. The molecule has 4 N–H and O–H groups in total. The zero-order valence-corrected chi connectivity index (χ0v) is 9.03. The molecule has 1 atom stereocenters. The Balaban J connectivity index is 0.000000310. The molecule has 0 spiro atoms. The van der Waals surface area contributed by atoms with E-state index in [2.05, 4.69) is 41.6 Å². The van der Waals surface area contributed by atoms with Crippen LogP contribution in [0.3, 0.4) is 0 Å². The van der Waals surface area contributed by atoms with Gasteiger partial charge in [0.15, 0.2) is 5.50 Å². The maximum Gasteiger partial charge on any atom is 0.278 e. The molecular formula is C5H9N3O2S3. The second kappa shape index (κ2) is 6.98. The molecule has 5 nitrogen and oxygen atoms in total. The summed E-state index contributed by atoms with van der Waals surface area (Å²) in [4.78, 5) is 19.4. The predicted molar refractivity (Wildman–Crippen MR) is 59.7 cm³/mol. The van der Waals surface area contributed by atoms with Crippen LogP contribution in [0.2, 0.25) is 0 Å². The van der Waals surface area contributed by atoms with E-state index in [1.54, 1.807) is 6.20 Å². The number of nitrogens with two attached hydrogens (primary N) is 1. The summed E-state index contributed by atoms with van der Waals surface area (Å²) < 4.78 is 0. The van der Waals surface area contributed by atoms with Gasteiger partial charge in [-0.15, -0.1) is 0 Å². The Morgan fingerprint density at radius 1 is 1.54 bits per heavy atom. The number of hydrogen-bond acceptors (Lipinski definition) is 4. The van der Waals surface area contributed by atoms with Crippen molar-refractivity contribution in [1.82, 2.24) is 10.6 Å². The Morgan fingerprint density at radius 2 is 2.08 bits per heavy atom. The van der Waals surface area contributed by atoms with E-state index in [-0.39, 0.29) is 10.7 Å². The minimum Gasteiger partial charge on any atom is -0.362 e. The molecule has 0 bridgehead atoms. The first-order valence-electron chi connectivity index (χ1n) is 3.06. The van der Waals surface area contributed by atoms with Gasteiger partial charge in [-0.2, -0.15) is 0 Å². The van der Waals surface area contributed by atoms with Gasteiger partial charge < -0.3 is 16.4 Å². The van der Waals surface area contributed by atoms with Crippen molar-refractivity contribution in [3.63, 3.8) is 0 Å². The van der Waals surface area contributed by atoms with Gasteiger partial charge in [0.05, 0.1) is 0 Å². The van der Waals surface area contributed by atoms with Crippen LogP contribution in [0.15, 0.2) is 11.6 Å². The van der Waals surface area contributed by atoms with Crippen molar-refractivity contribution >= 4 is 47.5 Å². The van der Waals surface area contributed by atoms with Crippen LogP contribution in [0.1, 0.15) is 0 Å². The topological polar surface area (TPSA) is 84.2 Å². The lowest BCUT2D eigenvalue weighted by Gasteiger charge is -2.08. The van der Waals surface area contributed by atoms with E-state index < -0.39 is 5.24 Å². The van der Waals surface area contributed by atoms with Crippen LogP contribution in [0.4, 0.5) is 9.59 Å². The lowest BCUT2D eigenvalue weighted by molar-refractivity contribution is 0.260. The van der Waals surface area contributed by atoms with Crippen LogP contribution in [0.5, 0.6) is 0 Å². The first-order chi connectivity index (χ1) is 6.02. The van der Waals surface area contributed by atoms with Gasteiger partial charge in [-0.25, -0.2) is 0 Å². The van der Waals surface area contributed by atoms with Crippen molar-refractivity contribution in [3.8, 4) is 0 Å². The molecule has 0 saturated carbocycles. The molecule has 0 aliphatic carbocycles. The van der Waals surface area contributed by atoms with E-state index in [0.29, 0.717) is 0 Å². The van der Waals surface area contributed by atoms with E-state index in [4.69, 9.17) is 4.79 Å². The molecule has 2 amide bonds. The maximum absolute atomic E-state index is 10.3. The lowest BCUT2D eigenvalue weighted by Crippen LogP contribution is -2.35. The van der Waals surface area contributed by atoms with Crippen molar-refractivity contribution in [2.45, 2.75) is 5.50 Å². The summed E-state index contributed by atoms with van der Waals surface area (Å²) in [5.41, 5.74) is 4.30. The molecule has 0 aromatic heterocycles. The van der Waals surface area contributed by atoms with Gasteiger partial charge in [-0.1, -0.05) is 37.0 Å². The van der Waals surface area contributed by atoms with E-state index in [9.17, 15) is 4.79 Å². The van der Waals surface area contributed by atoms with Crippen LogP contribution in [-0.2, 0) is 0 Å². The number of rotatable bonds is 1. The normalized spacial score (nSPS) is 18.2. The molecule has 1 heterocycles. The Labute approximate surface area is 90.7 Å². The molecule has 1 unspecified atom stereocenters. The average molecular weight is 239 g/mol. The summed E-state index contributed by atoms with van der Waals surface area (Å²) in [6.45, 7) is 0. The standard InChI is InChI=1S/C4H6N2OS2.CH3NOS/c7-4(8)6-3-5-1-2-9-3;2-1(3)4/h1-3,5H,(H2,6,7,8);(H3,2,3,4). The second-order valence-corrected chi connectivity index (χ2v) is 3.64. The van der Waals surface area contributed by atoms with Crippen LogP contribution in [0.25, 0.3) is 0 Å². The van der Waals surface area contributed by atoms with Crippen molar-refractivity contribution in [2.24, 2.45) is 5.73 Å². The Kier molecular flexibility index (Phi) is 6.73. The monoisotopic (exact) mass is 239 g/mol. The van der Waals surface area contributed by atoms with Gasteiger partial charge in [-0.3, -0.25) is 9.59 Å². The quantitative estimate of drug-likeness (QED) is 0.436. The molecule has 1 rings (SSSR count). The zero-order chi connectivity index (χ0) is 10.3. The number of primary amides is 1. The highest BCUT2D eigenvalue weighted by molar-refractivity contribution is 8.03. The number of carbonyl (C=O) groups excluding carboxylic acids is 2. The third-order valence-electron chi connectivity index (χ3n) is 0.785. The smallest absolute Gasteiger partial charge is 0.278 e. The molecule has 13 heavy (non-hydrogen) atoms. The largest absolute Gasteiger partial charge is 0.362 e. The number of nitrogens with one attached hydrogen (secondary N) is 2. The van der Waals surface area contributed by atoms with Gasteiger partial charge in [0.25, 0.3) is 10.5 Å². The highest BCUT2D eigenvalue weighted by atomic mass is 32.2. The van der Waals surface area contributed by atoms with Crippen LogP contribution in [0, 0.1) is 0 Å². The third-order valence-corrected chi connectivity index (χ3v) is 1.73. The van der Waals surface area contributed by atoms with Crippen molar-refractivity contribution in [2.75, 3.05) is 0 Å². The molecule has 1 aliphatic rings.